The Morgan fingerprint density at radius 1 is 1.23 bits per heavy atom. The molecule has 31 heavy (non-hydrogen) atoms. The Hall–Kier alpha value is -1.81. The van der Waals surface area contributed by atoms with E-state index in [4.69, 9.17) is 16.7 Å². The molecule has 0 atom stereocenters. The quantitative estimate of drug-likeness (QED) is 0.359. The van der Waals surface area contributed by atoms with E-state index >= 15 is 0 Å². The standard InChI is InChI=1S/C21H21ClF3N3OS2/c1-13(2)9-15-10-14(5-6-26-15)20-27-19(12-30-20)17-4-3-16(11-18(17)22)28(7-8-29)31-21(23,24)25/h3-6,10-13,29H,7-9H2,1-2H3. The third-order valence-electron chi connectivity index (χ3n) is 4.22. The molecule has 2 heterocycles. The van der Waals surface area contributed by atoms with Gasteiger partial charge in [-0.3, -0.25) is 4.98 Å². The second-order valence-corrected chi connectivity index (χ2v) is 9.55. The van der Waals surface area contributed by atoms with E-state index in [9.17, 15) is 13.2 Å². The third-order valence-corrected chi connectivity index (χ3v) is 6.24. The highest BCUT2D eigenvalue weighted by atomic mass is 35.5. The summed E-state index contributed by atoms with van der Waals surface area (Å²) >= 11 is 7.55. The van der Waals surface area contributed by atoms with Crippen molar-refractivity contribution in [2.75, 3.05) is 17.5 Å². The molecular weight excluding hydrogens is 467 g/mol. The van der Waals surface area contributed by atoms with Gasteiger partial charge >= 0.3 is 5.51 Å². The number of benzene rings is 1. The summed E-state index contributed by atoms with van der Waals surface area (Å²) in [4.78, 5) is 9.07. The van der Waals surface area contributed by atoms with Crippen molar-refractivity contribution in [2.24, 2.45) is 5.92 Å². The molecule has 0 saturated carbocycles. The highest BCUT2D eigenvalue weighted by Gasteiger charge is 2.33. The van der Waals surface area contributed by atoms with Crippen molar-refractivity contribution in [3.05, 3.63) is 52.6 Å². The van der Waals surface area contributed by atoms with Gasteiger partial charge in [-0.2, -0.15) is 13.2 Å². The molecule has 0 unspecified atom stereocenters. The number of aromatic nitrogens is 2. The Morgan fingerprint density at radius 2 is 2.00 bits per heavy atom. The van der Waals surface area contributed by atoms with Crippen LogP contribution in [0.2, 0.25) is 5.02 Å². The van der Waals surface area contributed by atoms with Crippen LogP contribution in [0.4, 0.5) is 18.9 Å². The monoisotopic (exact) mass is 487 g/mol. The molecule has 0 saturated heterocycles. The average molecular weight is 488 g/mol. The van der Waals surface area contributed by atoms with Gasteiger partial charge in [0.2, 0.25) is 0 Å². The molecule has 0 fully saturated rings. The van der Waals surface area contributed by atoms with Crippen molar-refractivity contribution in [1.29, 1.82) is 0 Å². The van der Waals surface area contributed by atoms with Crippen LogP contribution in [-0.2, 0) is 6.42 Å². The van der Waals surface area contributed by atoms with Gasteiger partial charge in [0, 0.05) is 34.1 Å². The summed E-state index contributed by atoms with van der Waals surface area (Å²) in [6, 6.07) is 8.57. The fraction of sp³-hybridized carbons (Fsp3) is 0.333. The molecule has 166 valence electrons. The lowest BCUT2D eigenvalue weighted by atomic mass is 10.1. The predicted molar refractivity (Wildman–Crippen MR) is 122 cm³/mol. The SMILES string of the molecule is CC(C)Cc1cc(-c2nc(-c3ccc(N(CCO)SC(F)(F)F)cc3Cl)cs2)ccn1. The topological polar surface area (TPSA) is 49.2 Å². The van der Waals surface area contributed by atoms with Gasteiger partial charge < -0.3 is 9.41 Å². The Balaban J connectivity index is 1.85. The van der Waals surface area contributed by atoms with Gasteiger partial charge in [0.1, 0.15) is 5.01 Å². The van der Waals surface area contributed by atoms with Crippen LogP contribution in [0.3, 0.4) is 0 Å². The van der Waals surface area contributed by atoms with Gasteiger partial charge in [-0.15, -0.1) is 11.3 Å². The van der Waals surface area contributed by atoms with E-state index in [1.54, 1.807) is 18.3 Å². The molecule has 0 spiro atoms. The zero-order chi connectivity index (χ0) is 22.6. The second-order valence-electron chi connectivity index (χ2n) is 7.20. The fourth-order valence-corrected chi connectivity index (χ4v) is 4.71. The number of anilines is 1. The van der Waals surface area contributed by atoms with E-state index in [0.717, 1.165) is 27.0 Å². The number of aliphatic hydroxyl groups is 1. The zero-order valence-corrected chi connectivity index (χ0v) is 19.2. The van der Waals surface area contributed by atoms with Gasteiger partial charge in [0.15, 0.2) is 0 Å². The van der Waals surface area contributed by atoms with Crippen LogP contribution in [0.15, 0.2) is 41.9 Å². The Morgan fingerprint density at radius 3 is 2.65 bits per heavy atom. The number of thiazole rings is 1. The summed E-state index contributed by atoms with van der Waals surface area (Å²) in [6.45, 7) is 3.68. The fourth-order valence-electron chi connectivity index (χ4n) is 2.98. The maximum absolute atomic E-state index is 12.8. The van der Waals surface area contributed by atoms with E-state index in [0.29, 0.717) is 17.2 Å². The Kier molecular flexibility index (Phi) is 7.85. The smallest absolute Gasteiger partial charge is 0.394 e. The molecule has 0 aliphatic rings. The Bertz CT molecular complexity index is 1030. The lowest BCUT2D eigenvalue weighted by molar-refractivity contribution is -0.0330. The lowest BCUT2D eigenvalue weighted by Gasteiger charge is -2.23. The minimum Gasteiger partial charge on any atom is -0.394 e. The number of rotatable bonds is 8. The molecule has 10 heteroatoms. The predicted octanol–water partition coefficient (Wildman–Crippen LogP) is 6.69. The summed E-state index contributed by atoms with van der Waals surface area (Å²) in [5, 5.41) is 12.1. The summed E-state index contributed by atoms with van der Waals surface area (Å²) in [5.41, 5.74) is -0.972. The number of hydrogen-bond donors (Lipinski definition) is 1. The first-order valence-electron chi connectivity index (χ1n) is 9.51. The summed E-state index contributed by atoms with van der Waals surface area (Å²) in [5.74, 6) is 0.493. The zero-order valence-electron chi connectivity index (χ0n) is 16.9. The van der Waals surface area contributed by atoms with Crippen LogP contribution < -0.4 is 4.31 Å². The van der Waals surface area contributed by atoms with E-state index in [-0.39, 0.29) is 29.2 Å². The molecule has 0 bridgehead atoms. The van der Waals surface area contributed by atoms with Crippen LogP contribution in [0, 0.1) is 5.92 Å². The lowest BCUT2D eigenvalue weighted by Crippen LogP contribution is -2.23. The molecule has 0 aliphatic carbocycles. The van der Waals surface area contributed by atoms with E-state index < -0.39 is 12.1 Å². The van der Waals surface area contributed by atoms with Gasteiger partial charge in [0.25, 0.3) is 0 Å². The van der Waals surface area contributed by atoms with Crippen molar-refractivity contribution in [2.45, 2.75) is 25.8 Å². The van der Waals surface area contributed by atoms with E-state index in [1.165, 1.54) is 17.4 Å². The van der Waals surface area contributed by atoms with Crippen LogP contribution in [0.5, 0.6) is 0 Å². The number of nitrogens with zero attached hydrogens (tertiary/aromatic N) is 3. The molecule has 2 aromatic heterocycles. The van der Waals surface area contributed by atoms with Gasteiger partial charge in [-0.1, -0.05) is 25.4 Å². The molecule has 0 aliphatic heterocycles. The molecular formula is C21H21ClF3N3OS2. The average Bonchev–Trinajstić information content (AvgIpc) is 3.16. The maximum atomic E-state index is 12.8. The molecule has 4 nitrogen and oxygen atoms in total. The minimum atomic E-state index is -4.47. The van der Waals surface area contributed by atoms with E-state index in [1.807, 2.05) is 17.5 Å². The largest absolute Gasteiger partial charge is 0.461 e. The number of alkyl halides is 3. The maximum Gasteiger partial charge on any atom is 0.461 e. The second kappa shape index (κ2) is 10.2. The summed E-state index contributed by atoms with van der Waals surface area (Å²) < 4.78 is 39.4. The van der Waals surface area contributed by atoms with Crippen LogP contribution in [-0.4, -0.2) is 33.7 Å². The first-order valence-corrected chi connectivity index (χ1v) is 11.5. The third kappa shape index (κ3) is 6.58. The van der Waals surface area contributed by atoms with Crippen LogP contribution in [0.1, 0.15) is 19.5 Å². The highest BCUT2D eigenvalue weighted by Crippen LogP contribution is 2.39. The first-order chi connectivity index (χ1) is 14.7. The number of hydrogen-bond acceptors (Lipinski definition) is 6. The van der Waals surface area contributed by atoms with Gasteiger partial charge in [-0.25, -0.2) is 4.98 Å². The molecule has 1 N–H and O–H groups in total. The van der Waals surface area contributed by atoms with Crippen molar-refractivity contribution < 1.29 is 18.3 Å². The van der Waals surface area contributed by atoms with Crippen molar-refractivity contribution >= 4 is 40.6 Å². The highest BCUT2D eigenvalue weighted by molar-refractivity contribution is 8.01. The normalized spacial score (nSPS) is 11.9. The van der Waals surface area contributed by atoms with Gasteiger partial charge in [0.05, 0.1) is 35.8 Å². The molecule has 3 aromatic rings. The Labute approximate surface area is 192 Å². The van der Waals surface area contributed by atoms with Crippen LogP contribution in [0.25, 0.3) is 21.8 Å². The summed E-state index contributed by atoms with van der Waals surface area (Å²) in [7, 11) is 0. The minimum absolute atomic E-state index is 0.179. The number of pyridine rings is 1. The molecule has 1 aromatic carbocycles. The molecule has 0 radical (unpaired) electrons. The number of aliphatic hydroxyl groups excluding tert-OH is 1. The number of halogens is 4. The summed E-state index contributed by atoms with van der Waals surface area (Å²) in [6.07, 6.45) is 2.64. The van der Waals surface area contributed by atoms with Crippen LogP contribution >= 0.6 is 34.9 Å². The van der Waals surface area contributed by atoms with Crippen molar-refractivity contribution in [3.8, 4) is 21.8 Å². The first kappa shape index (κ1) is 23.8. The van der Waals surface area contributed by atoms with Crippen molar-refractivity contribution in [3.63, 3.8) is 0 Å². The van der Waals surface area contributed by atoms with Gasteiger partial charge in [-0.05, 0) is 42.7 Å². The molecule has 3 rings (SSSR count). The van der Waals surface area contributed by atoms with E-state index in [2.05, 4.69) is 23.8 Å². The van der Waals surface area contributed by atoms with Crippen molar-refractivity contribution in [1.82, 2.24) is 9.97 Å². The molecule has 0 amide bonds.